The molecule has 29 nitrogen and oxygen atoms in total. The highest BCUT2D eigenvalue weighted by Crippen LogP contribution is 2.67. The number of phosphoric ester groups is 2. The van der Waals surface area contributed by atoms with Crippen LogP contribution in [0.3, 0.4) is 0 Å². The monoisotopic (exact) mass is 832 g/mol. The third kappa shape index (κ3) is 8.73. The number of fused-ring (bicyclic) bond motifs is 2. The van der Waals surface area contributed by atoms with Gasteiger partial charge in [0.1, 0.15) is 42.5 Å². The predicted molar refractivity (Wildman–Crippen MR) is 158 cm³/mol. The fourth-order valence-corrected chi connectivity index (χ4v) is 9.87. The van der Waals surface area contributed by atoms with E-state index in [4.69, 9.17) is 20.9 Å². The van der Waals surface area contributed by atoms with Gasteiger partial charge in [0, 0.05) is 6.42 Å². The molecule has 2 saturated heterocycles. The van der Waals surface area contributed by atoms with E-state index in [2.05, 4.69) is 51.9 Å². The molecule has 6 unspecified atom stereocenters. The zero-order chi connectivity index (χ0) is 38.7. The van der Waals surface area contributed by atoms with Crippen molar-refractivity contribution in [2.75, 3.05) is 24.7 Å². The van der Waals surface area contributed by atoms with E-state index in [0.29, 0.717) is 0 Å². The van der Waals surface area contributed by atoms with E-state index in [-0.39, 0.29) is 40.5 Å². The van der Waals surface area contributed by atoms with Gasteiger partial charge in [0.15, 0.2) is 28.9 Å². The Bertz CT molecular complexity index is 2270. The summed E-state index contributed by atoms with van der Waals surface area (Å²) in [6.45, 7) is -2.33. The predicted octanol–water partition coefficient (Wildman–Crippen LogP) is -4.65. The van der Waals surface area contributed by atoms with Crippen molar-refractivity contribution in [2.45, 2.75) is 49.4 Å². The lowest BCUT2D eigenvalue weighted by Gasteiger charge is -2.36. The molecule has 2 aliphatic rings. The average Bonchev–Trinajstić information content (AvgIpc) is 3.79. The van der Waals surface area contributed by atoms with Gasteiger partial charge in [-0.3, -0.25) is 37.2 Å². The lowest BCUT2D eigenvalue weighted by Crippen LogP contribution is -2.34. The highest BCUT2D eigenvalue weighted by atomic mass is 31.3. The molecular formula is C20H24N10O19P4-4. The summed E-state index contributed by atoms with van der Waals surface area (Å²) in [5, 5.41) is 31.2. The van der Waals surface area contributed by atoms with E-state index in [1.165, 1.54) is 4.57 Å². The molecule has 6 rings (SSSR count). The second-order valence-corrected chi connectivity index (χ2v) is 17.0. The van der Waals surface area contributed by atoms with Gasteiger partial charge >= 0.3 is 0 Å². The SMILES string of the molecule is Nc1nc2c(ncn2[C@H]2CC(O)[C@@H](COP(=O)([O-])OP(=O)([O-])OP(=O)([O-])OP(=O)([O-])OC[C@H]3O[C@@H](n4cnc5c(N)ncnc54)C(O)[C@H]3O)O2)c(=O)[nH]1. The van der Waals surface area contributed by atoms with Crippen LogP contribution in [0.25, 0.3) is 22.3 Å². The number of anilines is 2. The Balaban J connectivity index is 1.01. The number of hydrogen-bond acceptors (Lipinski definition) is 26. The number of aliphatic hydroxyl groups is 3. The Labute approximate surface area is 292 Å². The third-order valence-corrected chi connectivity index (χ3v) is 13.1. The number of H-pyrrole nitrogens is 1. The first kappa shape index (κ1) is 39.6. The summed E-state index contributed by atoms with van der Waals surface area (Å²) in [6.07, 6.45) is -7.72. The molecule has 53 heavy (non-hydrogen) atoms. The molecule has 2 aliphatic heterocycles. The van der Waals surface area contributed by atoms with E-state index in [9.17, 15) is 57.9 Å². The van der Waals surface area contributed by atoms with Crippen LogP contribution >= 0.6 is 31.3 Å². The summed E-state index contributed by atoms with van der Waals surface area (Å²) in [7, 11) is -25.3. The minimum Gasteiger partial charge on any atom is -0.756 e. The van der Waals surface area contributed by atoms with Gasteiger partial charge in [0.25, 0.3) is 36.9 Å². The lowest BCUT2D eigenvalue weighted by molar-refractivity contribution is -0.255. The first-order valence-electron chi connectivity index (χ1n) is 14.3. The number of imidazole rings is 2. The summed E-state index contributed by atoms with van der Waals surface area (Å²) in [6, 6.07) is 0. The topological polar surface area (TPSA) is 445 Å². The van der Waals surface area contributed by atoms with Crippen LogP contribution in [0.15, 0.2) is 23.8 Å². The summed E-state index contributed by atoms with van der Waals surface area (Å²) in [5.41, 5.74) is 10.5. The Morgan fingerprint density at radius 3 is 2.04 bits per heavy atom. The maximum Gasteiger partial charge on any atom is 0.280 e. The Morgan fingerprint density at radius 2 is 1.38 bits per heavy atom. The first-order valence-corrected chi connectivity index (χ1v) is 20.2. The largest absolute Gasteiger partial charge is 0.756 e. The van der Waals surface area contributed by atoms with Crippen LogP contribution in [0, 0.1) is 0 Å². The van der Waals surface area contributed by atoms with Crippen LogP contribution in [0.4, 0.5) is 11.8 Å². The molecule has 2 fully saturated rings. The van der Waals surface area contributed by atoms with Crippen molar-refractivity contribution in [3.63, 3.8) is 0 Å². The second kappa shape index (κ2) is 14.5. The molecule has 6 heterocycles. The van der Waals surface area contributed by atoms with Crippen LogP contribution in [0.1, 0.15) is 18.9 Å². The normalized spacial score (nSPS) is 29.5. The fraction of sp³-hybridized carbons (Fsp3) is 0.500. The van der Waals surface area contributed by atoms with Crippen molar-refractivity contribution < 1.29 is 84.6 Å². The van der Waals surface area contributed by atoms with E-state index in [1.807, 2.05) is 0 Å². The molecule has 0 bridgehead atoms. The Kier molecular flexibility index (Phi) is 10.8. The maximum absolute atomic E-state index is 12.2. The average molecular weight is 832 g/mol. The number of nitrogens with zero attached hydrogens (tertiary/aromatic N) is 7. The van der Waals surface area contributed by atoms with Crippen molar-refractivity contribution in [1.29, 1.82) is 0 Å². The van der Waals surface area contributed by atoms with Gasteiger partial charge in [-0.2, -0.15) is 4.98 Å². The van der Waals surface area contributed by atoms with Crippen LogP contribution in [-0.2, 0) is 49.7 Å². The number of aliphatic hydroxyl groups excluding tert-OH is 3. The molecule has 11 atom stereocenters. The number of nitrogen functional groups attached to an aromatic ring is 2. The van der Waals surface area contributed by atoms with Gasteiger partial charge in [0.2, 0.25) is 5.95 Å². The Hall–Kier alpha value is -3.14. The highest BCUT2D eigenvalue weighted by Gasteiger charge is 2.45. The van der Waals surface area contributed by atoms with Gasteiger partial charge in [-0.1, -0.05) is 0 Å². The van der Waals surface area contributed by atoms with Gasteiger partial charge < -0.3 is 64.9 Å². The standard InChI is InChI=1S/C20H28N10O19P4/c21-15-11-16(24-4-23-15)30(6-25-11)19-14(33)13(32)9(46-19)3-44-51(37,38)48-53(41,42)49-52(39,40)47-50(35,36)43-2-8-7(31)1-10(45-8)29-5-26-12-17(29)27-20(22)28-18(12)34/h4-10,13-14,19,31-33H,1-3H2,(H,35,36)(H,37,38)(H,39,40)(H,41,42)(H2,21,23,24)(H3,22,27,28,34)/p-4/t7?,8-,9-,10-,13+,14?,19-/m1/s1. The first-order chi connectivity index (χ1) is 24.6. The van der Waals surface area contributed by atoms with Gasteiger partial charge in [-0.25, -0.2) is 32.9 Å². The number of nitrogens with two attached hydrogens (primary N) is 2. The van der Waals surface area contributed by atoms with E-state index in [0.717, 1.165) is 23.5 Å². The molecule has 292 valence electrons. The van der Waals surface area contributed by atoms with Crippen LogP contribution in [-0.4, -0.2) is 98.1 Å². The summed E-state index contributed by atoms with van der Waals surface area (Å²) in [4.78, 5) is 82.3. The Morgan fingerprint density at radius 1 is 0.792 bits per heavy atom. The highest BCUT2D eigenvalue weighted by molar-refractivity contribution is 7.68. The molecule has 8 N–H and O–H groups in total. The van der Waals surface area contributed by atoms with Crippen LogP contribution < -0.4 is 36.6 Å². The molecule has 33 heteroatoms. The number of nitrogens with one attached hydrogen (secondary N) is 1. The lowest BCUT2D eigenvalue weighted by atomic mass is 10.1. The third-order valence-electron chi connectivity index (χ3n) is 7.36. The molecule has 0 aromatic carbocycles. The molecule has 0 saturated carbocycles. The van der Waals surface area contributed by atoms with Crippen molar-refractivity contribution in [1.82, 2.24) is 39.0 Å². The number of aromatic amines is 1. The molecule has 0 spiro atoms. The number of ether oxygens (including phenoxy) is 2. The second-order valence-electron chi connectivity index (χ2n) is 11.0. The number of rotatable bonds is 14. The van der Waals surface area contributed by atoms with Crippen molar-refractivity contribution in [2.24, 2.45) is 0 Å². The number of phosphoric acid groups is 4. The van der Waals surface area contributed by atoms with Gasteiger partial charge in [-0.05, 0) is 0 Å². The zero-order valence-corrected chi connectivity index (χ0v) is 29.4. The minimum atomic E-state index is -6.58. The maximum atomic E-state index is 12.2. The van der Waals surface area contributed by atoms with Crippen molar-refractivity contribution >= 4 is 65.4 Å². The summed E-state index contributed by atoms with van der Waals surface area (Å²) in [5.74, 6) is -0.306. The van der Waals surface area contributed by atoms with E-state index >= 15 is 0 Å². The molecule has 0 radical (unpaired) electrons. The zero-order valence-electron chi connectivity index (χ0n) is 25.8. The van der Waals surface area contributed by atoms with E-state index < -0.39 is 93.0 Å². The molecule has 4 aromatic heterocycles. The van der Waals surface area contributed by atoms with Gasteiger partial charge in [0.05, 0.1) is 32.0 Å². The minimum absolute atomic E-state index is 0.0343. The van der Waals surface area contributed by atoms with Crippen LogP contribution in [0.5, 0.6) is 0 Å². The van der Waals surface area contributed by atoms with Crippen molar-refractivity contribution in [3.8, 4) is 0 Å². The molecule has 4 aromatic rings. The summed E-state index contributed by atoms with van der Waals surface area (Å²) < 4.78 is 81.4. The fourth-order valence-electron chi connectivity index (χ4n) is 5.12. The van der Waals surface area contributed by atoms with Crippen molar-refractivity contribution in [3.05, 3.63) is 29.3 Å². The van der Waals surface area contributed by atoms with E-state index in [1.54, 1.807) is 0 Å². The smallest absolute Gasteiger partial charge is 0.280 e. The molecule has 0 aliphatic carbocycles. The summed E-state index contributed by atoms with van der Waals surface area (Å²) >= 11 is 0. The number of hydrogen-bond donors (Lipinski definition) is 6. The quantitative estimate of drug-likeness (QED) is 0.0650. The van der Waals surface area contributed by atoms with Gasteiger partial charge in [-0.15, -0.1) is 0 Å². The molecular weight excluding hydrogens is 808 g/mol. The van der Waals surface area contributed by atoms with Crippen LogP contribution in [0.2, 0.25) is 0 Å². The number of aromatic nitrogens is 8. The molecule has 0 amide bonds.